The van der Waals surface area contributed by atoms with Crippen molar-refractivity contribution in [3.8, 4) is 0 Å². The van der Waals surface area contributed by atoms with E-state index in [9.17, 15) is 28.8 Å². The van der Waals surface area contributed by atoms with E-state index >= 15 is 0 Å². The van der Waals surface area contributed by atoms with Crippen molar-refractivity contribution in [3.05, 3.63) is 71.3 Å². The Balaban J connectivity index is 1.75. The first-order chi connectivity index (χ1) is 19.5. The maximum atomic E-state index is 13.6. The molecule has 4 N–H and O–H groups in total. The number of amides is 4. The number of rotatable bonds is 12. The number of nitrogens with zero attached hydrogens (tertiary/aromatic N) is 1. The van der Waals surface area contributed by atoms with Crippen molar-refractivity contribution in [2.75, 3.05) is 6.54 Å². The third kappa shape index (κ3) is 8.00. The minimum Gasteiger partial charge on any atom is -0.481 e. The number of aliphatic carboxylic acids is 1. The zero-order valence-electron chi connectivity index (χ0n) is 23.3. The van der Waals surface area contributed by atoms with Gasteiger partial charge in [0.05, 0.1) is 29.6 Å². The molecule has 2 aromatic carbocycles. The molecule has 1 aliphatic rings. The van der Waals surface area contributed by atoms with Gasteiger partial charge >= 0.3 is 5.97 Å². The van der Waals surface area contributed by atoms with Crippen LogP contribution in [0.3, 0.4) is 0 Å². The zero-order valence-corrected chi connectivity index (χ0v) is 23.3. The van der Waals surface area contributed by atoms with Crippen molar-refractivity contribution >= 4 is 35.9 Å². The van der Waals surface area contributed by atoms with Crippen LogP contribution in [0.4, 0.5) is 0 Å². The van der Waals surface area contributed by atoms with Crippen molar-refractivity contribution in [3.63, 3.8) is 0 Å². The molecule has 0 saturated carbocycles. The number of carbonyl (C=O) groups excluding carboxylic acids is 5. The molecular weight excluding hydrogens is 528 g/mol. The maximum absolute atomic E-state index is 13.6. The highest BCUT2D eigenvalue weighted by Crippen LogP contribution is 2.22. The van der Waals surface area contributed by atoms with Gasteiger partial charge in [-0.1, -0.05) is 56.3 Å². The first-order valence-corrected chi connectivity index (χ1v) is 13.6. The van der Waals surface area contributed by atoms with Crippen LogP contribution in [0.1, 0.15) is 72.4 Å². The van der Waals surface area contributed by atoms with Crippen LogP contribution < -0.4 is 16.0 Å². The first kappa shape index (κ1) is 31.0. The average molecular weight is 565 g/mol. The molecule has 0 aliphatic carbocycles. The summed E-state index contributed by atoms with van der Waals surface area (Å²) in [5.41, 5.74) is 1.15. The Kier molecular flexibility index (Phi) is 10.7. The Morgan fingerprint density at radius 1 is 0.902 bits per heavy atom. The van der Waals surface area contributed by atoms with Crippen LogP contribution in [0.25, 0.3) is 0 Å². The van der Waals surface area contributed by atoms with E-state index in [0.29, 0.717) is 19.1 Å². The highest BCUT2D eigenvalue weighted by Gasteiger charge is 2.39. The molecule has 4 atom stereocenters. The second-order valence-corrected chi connectivity index (χ2v) is 10.4. The topological polar surface area (TPSA) is 162 Å². The second kappa shape index (κ2) is 14.2. The van der Waals surface area contributed by atoms with E-state index in [1.54, 1.807) is 26.0 Å². The number of likely N-dealkylation sites (tertiary alicyclic amines) is 1. The standard InChI is InChI=1S/C30H36N4O7/c1-18(2)26(30(41)34-15-9-14-24(34)29(40)32-21(17-35)16-25(36)37)33-28(39)23-13-8-7-12-22(23)27(38)31-19(3)20-10-5-4-6-11-20/h4-8,10-13,17-19,21,24,26H,9,14-16H2,1-3H3,(H,31,38)(H,32,40)(H,33,39)(H,36,37)/t19-,21-,24-,26-/m0/s1. The Hall–Kier alpha value is -4.54. The van der Waals surface area contributed by atoms with Gasteiger partial charge in [-0.2, -0.15) is 0 Å². The fourth-order valence-electron chi connectivity index (χ4n) is 4.79. The third-order valence-corrected chi connectivity index (χ3v) is 7.01. The number of carboxylic acid groups (broad SMARTS) is 1. The van der Waals surface area contributed by atoms with Gasteiger partial charge in [-0.25, -0.2) is 0 Å². The highest BCUT2D eigenvalue weighted by molar-refractivity contribution is 6.08. The molecular formula is C30H36N4O7. The van der Waals surface area contributed by atoms with Gasteiger partial charge in [0.15, 0.2) is 0 Å². The molecule has 3 rings (SSSR count). The van der Waals surface area contributed by atoms with Gasteiger partial charge in [0.1, 0.15) is 18.4 Å². The molecule has 0 spiro atoms. The van der Waals surface area contributed by atoms with E-state index < -0.39 is 54.1 Å². The molecule has 218 valence electrons. The van der Waals surface area contributed by atoms with Crippen molar-refractivity contribution in [1.82, 2.24) is 20.9 Å². The van der Waals surface area contributed by atoms with Crippen LogP contribution in [-0.2, 0) is 19.2 Å². The fourth-order valence-corrected chi connectivity index (χ4v) is 4.79. The first-order valence-electron chi connectivity index (χ1n) is 13.6. The summed E-state index contributed by atoms with van der Waals surface area (Å²) >= 11 is 0. The van der Waals surface area contributed by atoms with Crippen molar-refractivity contribution < 1.29 is 33.9 Å². The monoisotopic (exact) mass is 564 g/mol. The van der Waals surface area contributed by atoms with Crippen LogP contribution in [-0.4, -0.2) is 70.6 Å². The Morgan fingerprint density at radius 2 is 1.49 bits per heavy atom. The fraction of sp³-hybridized carbons (Fsp3) is 0.400. The van der Waals surface area contributed by atoms with Gasteiger partial charge in [0, 0.05) is 6.54 Å². The zero-order chi connectivity index (χ0) is 30.1. The minimum atomic E-state index is -1.24. The van der Waals surface area contributed by atoms with Crippen LogP contribution >= 0.6 is 0 Å². The summed E-state index contributed by atoms with van der Waals surface area (Å²) in [4.78, 5) is 76.6. The van der Waals surface area contributed by atoms with E-state index in [4.69, 9.17) is 5.11 Å². The van der Waals surface area contributed by atoms with Gasteiger partial charge in [0.25, 0.3) is 11.8 Å². The Labute approximate surface area is 238 Å². The second-order valence-electron chi connectivity index (χ2n) is 10.4. The summed E-state index contributed by atoms with van der Waals surface area (Å²) in [5.74, 6) is -3.76. The van der Waals surface area contributed by atoms with Crippen molar-refractivity contribution in [1.29, 1.82) is 0 Å². The lowest BCUT2D eigenvalue weighted by Crippen LogP contribution is -2.56. The van der Waals surface area contributed by atoms with Gasteiger partial charge in [-0.3, -0.25) is 24.0 Å². The summed E-state index contributed by atoms with van der Waals surface area (Å²) in [6.07, 6.45) is 0.629. The van der Waals surface area contributed by atoms with Gasteiger partial charge in [-0.05, 0) is 43.4 Å². The lowest BCUT2D eigenvalue weighted by Gasteiger charge is -2.31. The predicted molar refractivity (Wildman–Crippen MR) is 150 cm³/mol. The summed E-state index contributed by atoms with van der Waals surface area (Å²) in [5, 5.41) is 17.0. The minimum absolute atomic E-state index is 0.0990. The molecule has 41 heavy (non-hydrogen) atoms. The SMILES string of the molecule is CC(C)[C@H](NC(=O)c1ccccc1C(=O)N[C@@H](C)c1ccccc1)C(=O)N1CCC[C@H]1C(=O)N[C@H](C=O)CC(=O)O. The average Bonchev–Trinajstić information content (AvgIpc) is 3.45. The number of hydrogen-bond donors (Lipinski definition) is 4. The molecule has 2 aromatic rings. The van der Waals surface area contributed by atoms with E-state index in [-0.39, 0.29) is 29.6 Å². The maximum Gasteiger partial charge on any atom is 0.305 e. The normalized spacial score (nSPS) is 16.8. The van der Waals surface area contributed by atoms with E-state index in [1.165, 1.54) is 17.0 Å². The quantitative estimate of drug-likeness (QED) is 0.287. The summed E-state index contributed by atoms with van der Waals surface area (Å²) < 4.78 is 0. The van der Waals surface area contributed by atoms with Crippen LogP contribution in [0.5, 0.6) is 0 Å². The molecule has 11 nitrogen and oxygen atoms in total. The third-order valence-electron chi connectivity index (χ3n) is 7.01. The molecule has 1 saturated heterocycles. The number of carboxylic acids is 1. The van der Waals surface area contributed by atoms with Crippen LogP contribution in [0.2, 0.25) is 0 Å². The molecule has 0 unspecified atom stereocenters. The molecule has 1 aliphatic heterocycles. The molecule has 0 bridgehead atoms. The molecule has 1 fully saturated rings. The number of hydrogen-bond acceptors (Lipinski definition) is 6. The number of carbonyl (C=O) groups is 6. The van der Waals surface area contributed by atoms with Crippen LogP contribution in [0.15, 0.2) is 54.6 Å². The Bertz CT molecular complexity index is 1280. The highest BCUT2D eigenvalue weighted by atomic mass is 16.4. The molecule has 1 heterocycles. The summed E-state index contributed by atoms with van der Waals surface area (Å²) in [7, 11) is 0. The smallest absolute Gasteiger partial charge is 0.305 e. The molecule has 4 amide bonds. The van der Waals surface area contributed by atoms with Crippen molar-refractivity contribution in [2.45, 2.75) is 64.2 Å². The Morgan fingerprint density at radius 3 is 2.05 bits per heavy atom. The van der Waals surface area contributed by atoms with E-state index in [0.717, 1.165) is 5.56 Å². The van der Waals surface area contributed by atoms with Crippen LogP contribution in [0, 0.1) is 5.92 Å². The molecule has 11 heteroatoms. The van der Waals surface area contributed by atoms with E-state index in [2.05, 4.69) is 16.0 Å². The molecule has 0 radical (unpaired) electrons. The summed E-state index contributed by atoms with van der Waals surface area (Å²) in [6, 6.07) is 12.3. The number of aldehydes is 1. The number of benzene rings is 2. The van der Waals surface area contributed by atoms with Gasteiger partial charge in [-0.15, -0.1) is 0 Å². The number of nitrogens with one attached hydrogen (secondary N) is 3. The largest absolute Gasteiger partial charge is 0.481 e. The summed E-state index contributed by atoms with van der Waals surface area (Å²) in [6.45, 7) is 5.61. The van der Waals surface area contributed by atoms with Crippen molar-refractivity contribution in [2.24, 2.45) is 5.92 Å². The lowest BCUT2D eigenvalue weighted by atomic mass is 10.00. The van der Waals surface area contributed by atoms with E-state index in [1.807, 2.05) is 37.3 Å². The predicted octanol–water partition coefficient (Wildman–Crippen LogP) is 2.08. The molecule has 0 aromatic heterocycles. The lowest BCUT2D eigenvalue weighted by molar-refractivity contribution is -0.142. The van der Waals surface area contributed by atoms with Gasteiger partial charge < -0.3 is 30.8 Å². The van der Waals surface area contributed by atoms with Gasteiger partial charge in [0.2, 0.25) is 11.8 Å².